The van der Waals surface area contributed by atoms with Gasteiger partial charge in [-0.1, -0.05) is 146 Å². The van der Waals surface area contributed by atoms with Gasteiger partial charge in [0.1, 0.15) is 0 Å². The van der Waals surface area contributed by atoms with Crippen molar-refractivity contribution in [3.8, 4) is 33.4 Å². The highest BCUT2D eigenvalue weighted by Crippen LogP contribution is 2.64. The van der Waals surface area contributed by atoms with E-state index in [4.69, 9.17) is 0 Å². The molecule has 0 amide bonds. The molecule has 56 heavy (non-hydrogen) atoms. The van der Waals surface area contributed by atoms with Gasteiger partial charge in [0, 0.05) is 47.9 Å². The van der Waals surface area contributed by atoms with Gasteiger partial charge in [-0.25, -0.2) is 0 Å². The van der Waals surface area contributed by atoms with Crippen LogP contribution in [0, 0.1) is 0 Å². The van der Waals surface area contributed by atoms with E-state index in [0.29, 0.717) is 0 Å². The number of rotatable bonds is 4. The topological polar surface area (TPSA) is 3.24 Å². The van der Waals surface area contributed by atoms with Gasteiger partial charge in [-0.15, -0.1) is 11.3 Å². The van der Waals surface area contributed by atoms with Crippen molar-refractivity contribution in [2.75, 3.05) is 4.90 Å². The number of para-hydroxylation sites is 1. The summed E-state index contributed by atoms with van der Waals surface area (Å²) in [5.41, 5.74) is 17.7. The molecular weight excluding hydrogens is 695 g/mol. The molecule has 3 aliphatic carbocycles. The van der Waals surface area contributed by atoms with Crippen LogP contribution in [-0.2, 0) is 10.8 Å². The quantitative estimate of drug-likeness (QED) is 0.174. The second-order valence-electron chi connectivity index (χ2n) is 16.0. The zero-order valence-corrected chi connectivity index (χ0v) is 31.9. The Kier molecular flexibility index (Phi) is 6.95. The number of thiophene rings is 1. The standard InChI is InChI=1S/C54H39NS/c1-2-14-36(15-3-1)39-16-7-12-24-50(39)55(37-27-29-52-45(34-37)44-20-8-13-25-51(44)56-52)38-26-28-43-42-19-6-11-23-48(42)54(49(43)35-38)32-30-53(31-33-54)46-21-9-4-17-40(46)41-18-5-10-22-47(41)53/h1-29,34-35H,30-33H2. The molecule has 0 N–H and O–H groups in total. The van der Waals surface area contributed by atoms with Crippen LogP contribution in [0.15, 0.2) is 188 Å². The Hall–Kier alpha value is -6.22. The number of nitrogens with zero attached hydrogens (tertiary/aromatic N) is 1. The van der Waals surface area contributed by atoms with E-state index in [9.17, 15) is 0 Å². The number of hydrogen-bond acceptors (Lipinski definition) is 2. The maximum Gasteiger partial charge on any atom is 0.0540 e. The summed E-state index contributed by atoms with van der Waals surface area (Å²) in [5, 5.41) is 2.63. The summed E-state index contributed by atoms with van der Waals surface area (Å²) in [4.78, 5) is 2.53. The lowest BCUT2D eigenvalue weighted by Gasteiger charge is -2.45. The third-order valence-electron chi connectivity index (χ3n) is 13.5. The molecule has 2 spiro atoms. The maximum absolute atomic E-state index is 2.57. The molecule has 0 radical (unpaired) electrons. The fourth-order valence-electron chi connectivity index (χ4n) is 11.0. The van der Waals surface area contributed by atoms with Gasteiger partial charge >= 0.3 is 0 Å². The lowest BCUT2D eigenvalue weighted by molar-refractivity contribution is 0.265. The monoisotopic (exact) mass is 733 g/mol. The molecule has 1 fully saturated rings. The molecule has 0 atom stereocenters. The molecule has 0 bridgehead atoms. The number of anilines is 3. The first kappa shape index (κ1) is 32.1. The molecule has 9 aromatic rings. The molecule has 0 saturated heterocycles. The molecule has 0 unspecified atom stereocenters. The third-order valence-corrected chi connectivity index (χ3v) is 14.6. The molecule has 12 rings (SSSR count). The van der Waals surface area contributed by atoms with Crippen LogP contribution in [0.4, 0.5) is 17.1 Å². The fourth-order valence-corrected chi connectivity index (χ4v) is 12.1. The lowest BCUT2D eigenvalue weighted by Crippen LogP contribution is -2.39. The van der Waals surface area contributed by atoms with E-state index >= 15 is 0 Å². The third kappa shape index (κ3) is 4.48. The van der Waals surface area contributed by atoms with Crippen molar-refractivity contribution in [1.29, 1.82) is 0 Å². The SMILES string of the molecule is c1ccc(-c2ccccc2N(c2ccc3c(c2)C2(CCC4(CC2)c2ccccc2-c2ccccc24)c2ccccc2-3)c2ccc3sc4ccccc4c3c2)cc1. The molecule has 8 aromatic carbocycles. The van der Waals surface area contributed by atoms with E-state index in [1.54, 1.807) is 0 Å². The second-order valence-corrected chi connectivity index (χ2v) is 17.1. The van der Waals surface area contributed by atoms with Crippen LogP contribution in [0.1, 0.15) is 47.9 Å². The highest BCUT2D eigenvalue weighted by molar-refractivity contribution is 7.25. The summed E-state index contributed by atoms with van der Waals surface area (Å²) in [6.45, 7) is 0. The summed E-state index contributed by atoms with van der Waals surface area (Å²) >= 11 is 1.88. The van der Waals surface area contributed by atoms with Crippen LogP contribution in [0.5, 0.6) is 0 Å². The van der Waals surface area contributed by atoms with Gasteiger partial charge in [-0.2, -0.15) is 0 Å². The highest BCUT2D eigenvalue weighted by Gasteiger charge is 2.53. The first-order chi connectivity index (χ1) is 27.7. The van der Waals surface area contributed by atoms with Crippen molar-refractivity contribution in [3.05, 3.63) is 210 Å². The molecule has 2 heteroatoms. The van der Waals surface area contributed by atoms with Gasteiger partial charge in [0.2, 0.25) is 0 Å². The fraction of sp³-hybridized carbons (Fsp3) is 0.111. The number of fused-ring (bicyclic) bond motifs is 13. The van der Waals surface area contributed by atoms with E-state index in [1.165, 1.54) is 92.9 Å². The van der Waals surface area contributed by atoms with Gasteiger partial charge in [0.05, 0.1) is 5.69 Å². The van der Waals surface area contributed by atoms with Gasteiger partial charge in [0.25, 0.3) is 0 Å². The summed E-state index contributed by atoms with van der Waals surface area (Å²) < 4.78 is 2.65. The Morgan fingerprint density at radius 1 is 0.357 bits per heavy atom. The average molecular weight is 734 g/mol. The smallest absolute Gasteiger partial charge is 0.0540 e. The Bertz CT molecular complexity index is 2950. The van der Waals surface area contributed by atoms with E-state index in [0.717, 1.165) is 25.7 Å². The molecular formula is C54H39NS. The predicted molar refractivity (Wildman–Crippen MR) is 237 cm³/mol. The largest absolute Gasteiger partial charge is 0.310 e. The van der Waals surface area contributed by atoms with Crippen LogP contribution in [0.3, 0.4) is 0 Å². The van der Waals surface area contributed by atoms with Crippen LogP contribution in [0.2, 0.25) is 0 Å². The normalized spacial score (nSPS) is 15.5. The predicted octanol–water partition coefficient (Wildman–Crippen LogP) is 15.0. The van der Waals surface area contributed by atoms with E-state index in [1.807, 2.05) is 11.3 Å². The van der Waals surface area contributed by atoms with Crippen molar-refractivity contribution in [2.24, 2.45) is 0 Å². The number of benzene rings is 8. The van der Waals surface area contributed by atoms with Crippen molar-refractivity contribution in [2.45, 2.75) is 36.5 Å². The zero-order chi connectivity index (χ0) is 36.8. The molecule has 1 heterocycles. The van der Waals surface area contributed by atoms with Crippen LogP contribution < -0.4 is 4.90 Å². The molecule has 1 saturated carbocycles. The van der Waals surface area contributed by atoms with Gasteiger partial charge in [-0.05, 0) is 118 Å². The minimum atomic E-state index is -0.0577. The summed E-state index contributed by atoms with van der Waals surface area (Å²) in [6.07, 6.45) is 4.47. The van der Waals surface area contributed by atoms with Crippen molar-refractivity contribution in [3.63, 3.8) is 0 Å². The van der Waals surface area contributed by atoms with E-state index in [-0.39, 0.29) is 10.8 Å². The Morgan fingerprint density at radius 3 is 1.52 bits per heavy atom. The van der Waals surface area contributed by atoms with Gasteiger partial charge < -0.3 is 4.90 Å². The van der Waals surface area contributed by atoms with Crippen molar-refractivity contribution < 1.29 is 0 Å². The maximum atomic E-state index is 2.57. The minimum absolute atomic E-state index is 0.0487. The van der Waals surface area contributed by atoms with Gasteiger partial charge in [-0.3, -0.25) is 0 Å². The Balaban J connectivity index is 1.05. The summed E-state index contributed by atoms with van der Waals surface area (Å²) in [7, 11) is 0. The van der Waals surface area contributed by atoms with Crippen molar-refractivity contribution >= 4 is 48.6 Å². The first-order valence-electron chi connectivity index (χ1n) is 20.0. The summed E-state index contributed by atoms with van der Waals surface area (Å²) in [6, 6.07) is 70.8. The highest BCUT2D eigenvalue weighted by atomic mass is 32.1. The van der Waals surface area contributed by atoms with E-state index in [2.05, 4.69) is 193 Å². The molecule has 266 valence electrons. The lowest BCUT2D eigenvalue weighted by atomic mass is 9.57. The van der Waals surface area contributed by atoms with Gasteiger partial charge in [0.15, 0.2) is 0 Å². The molecule has 1 nitrogen and oxygen atoms in total. The van der Waals surface area contributed by atoms with Crippen molar-refractivity contribution in [1.82, 2.24) is 0 Å². The summed E-state index contributed by atoms with van der Waals surface area (Å²) in [5.74, 6) is 0. The molecule has 1 aromatic heterocycles. The average Bonchev–Trinajstić information content (AvgIpc) is 3.87. The molecule has 3 aliphatic rings. The number of hydrogen-bond donors (Lipinski definition) is 0. The second kappa shape index (κ2) is 12.1. The Labute approximate surface area is 332 Å². The van der Waals surface area contributed by atoms with Crippen LogP contribution in [-0.4, -0.2) is 0 Å². The Morgan fingerprint density at radius 2 is 0.839 bits per heavy atom. The zero-order valence-electron chi connectivity index (χ0n) is 31.1. The first-order valence-corrected chi connectivity index (χ1v) is 20.8. The van der Waals surface area contributed by atoms with Crippen LogP contribution in [0.25, 0.3) is 53.6 Å². The van der Waals surface area contributed by atoms with Crippen LogP contribution >= 0.6 is 11.3 Å². The molecule has 0 aliphatic heterocycles. The minimum Gasteiger partial charge on any atom is -0.310 e. The van der Waals surface area contributed by atoms with E-state index < -0.39 is 0 Å².